The van der Waals surface area contributed by atoms with Crippen molar-refractivity contribution in [3.05, 3.63) is 42.5 Å². The van der Waals surface area contributed by atoms with E-state index in [4.69, 9.17) is 0 Å². The first-order valence-electron chi connectivity index (χ1n) is 8.07. The van der Waals surface area contributed by atoms with E-state index in [1.54, 1.807) is 6.08 Å². The van der Waals surface area contributed by atoms with Crippen molar-refractivity contribution in [2.24, 2.45) is 0 Å². The van der Waals surface area contributed by atoms with Crippen molar-refractivity contribution < 1.29 is 8.42 Å². The van der Waals surface area contributed by atoms with Crippen molar-refractivity contribution in [3.8, 4) is 11.4 Å². The van der Waals surface area contributed by atoms with E-state index in [1.807, 2.05) is 4.57 Å². The fourth-order valence-electron chi connectivity index (χ4n) is 2.31. The molecule has 0 fully saturated rings. The average Bonchev–Trinajstić information content (AvgIpc) is 2.89. The summed E-state index contributed by atoms with van der Waals surface area (Å²) in [6, 6.07) is 8.32. The highest BCUT2D eigenvalue weighted by atomic mass is 32.2. The molecule has 2 aromatic rings. The Morgan fingerprint density at radius 3 is 2.36 bits per heavy atom. The van der Waals surface area contributed by atoms with E-state index >= 15 is 0 Å². The maximum Gasteiger partial charge on any atom is 0.191 e. The van der Waals surface area contributed by atoms with E-state index in [1.165, 1.54) is 23.6 Å². The molecule has 5 nitrogen and oxygen atoms in total. The van der Waals surface area contributed by atoms with Crippen LogP contribution in [0.4, 0.5) is 0 Å². The van der Waals surface area contributed by atoms with E-state index < -0.39 is 9.84 Å². The molecule has 0 N–H and O–H groups in total. The molecule has 0 amide bonds. The van der Waals surface area contributed by atoms with Crippen LogP contribution in [0.3, 0.4) is 0 Å². The largest absolute Gasteiger partial charge is 0.298 e. The first-order valence-corrected chi connectivity index (χ1v) is 11.1. The van der Waals surface area contributed by atoms with Crippen molar-refractivity contribution in [2.45, 2.75) is 37.9 Å². The van der Waals surface area contributed by atoms with E-state index in [9.17, 15) is 8.42 Å². The van der Waals surface area contributed by atoms with E-state index in [-0.39, 0.29) is 11.2 Å². The molecule has 0 atom stereocenters. The van der Waals surface area contributed by atoms with Crippen molar-refractivity contribution in [1.29, 1.82) is 0 Å². The number of rotatable bonds is 7. The number of nitrogens with zero attached hydrogens (tertiary/aromatic N) is 3. The minimum atomic E-state index is -2.98. The predicted molar refractivity (Wildman–Crippen MR) is 105 cm³/mol. The van der Waals surface area contributed by atoms with Gasteiger partial charge in [-0.05, 0) is 11.0 Å². The van der Waals surface area contributed by atoms with Gasteiger partial charge in [-0.1, -0.05) is 62.9 Å². The van der Waals surface area contributed by atoms with Crippen LogP contribution in [0.2, 0.25) is 0 Å². The van der Waals surface area contributed by atoms with Gasteiger partial charge >= 0.3 is 0 Å². The highest BCUT2D eigenvalue weighted by Crippen LogP contribution is 2.27. The summed E-state index contributed by atoms with van der Waals surface area (Å²) in [5, 5.41) is 9.25. The minimum absolute atomic E-state index is 0.0972. The van der Waals surface area contributed by atoms with Gasteiger partial charge in [0.2, 0.25) is 0 Å². The summed E-state index contributed by atoms with van der Waals surface area (Å²) in [5.74, 6) is 1.34. The zero-order valence-electron chi connectivity index (χ0n) is 15.2. The van der Waals surface area contributed by atoms with Crippen molar-refractivity contribution in [2.75, 3.05) is 17.8 Å². The van der Waals surface area contributed by atoms with E-state index in [0.29, 0.717) is 17.5 Å². The zero-order valence-corrected chi connectivity index (χ0v) is 16.8. The Balaban J connectivity index is 2.27. The van der Waals surface area contributed by atoms with Crippen LogP contribution in [0.5, 0.6) is 0 Å². The molecule has 0 unspecified atom stereocenters. The van der Waals surface area contributed by atoms with E-state index in [0.717, 1.165) is 11.4 Å². The molecule has 0 saturated heterocycles. The number of sulfone groups is 1. The number of benzene rings is 1. The lowest BCUT2D eigenvalue weighted by molar-refractivity contribution is 0.590. The molecule has 0 aliphatic heterocycles. The number of aromatic nitrogens is 3. The second-order valence-corrected chi connectivity index (χ2v) is 10.3. The van der Waals surface area contributed by atoms with Crippen LogP contribution in [0, 0.1) is 0 Å². The number of hydrogen-bond acceptors (Lipinski definition) is 5. The molecular weight excluding hydrogens is 354 g/mol. The maximum atomic E-state index is 11.3. The van der Waals surface area contributed by atoms with Gasteiger partial charge in [0.25, 0.3) is 0 Å². The Labute approximate surface area is 154 Å². The van der Waals surface area contributed by atoms with Gasteiger partial charge in [-0.2, -0.15) is 0 Å². The summed E-state index contributed by atoms with van der Waals surface area (Å²) in [4.78, 5) is 0. The summed E-state index contributed by atoms with van der Waals surface area (Å²) in [5.41, 5.74) is 2.34. The summed E-state index contributed by atoms with van der Waals surface area (Å²) in [6.07, 6.45) is 3.03. The van der Waals surface area contributed by atoms with Gasteiger partial charge < -0.3 is 0 Å². The van der Waals surface area contributed by atoms with Gasteiger partial charge in [0.05, 0.1) is 5.75 Å². The molecule has 0 radical (unpaired) electrons. The summed E-state index contributed by atoms with van der Waals surface area (Å²) in [6.45, 7) is 10.9. The molecule has 7 heteroatoms. The Bertz CT molecular complexity index is 832. The van der Waals surface area contributed by atoms with Crippen molar-refractivity contribution in [3.63, 3.8) is 0 Å². The molecule has 1 aromatic heterocycles. The molecule has 0 spiro atoms. The van der Waals surface area contributed by atoms with Crippen molar-refractivity contribution >= 4 is 21.6 Å². The molecule has 2 rings (SSSR count). The van der Waals surface area contributed by atoms with Gasteiger partial charge in [-0.25, -0.2) is 8.42 Å². The van der Waals surface area contributed by atoms with Gasteiger partial charge in [-0.15, -0.1) is 16.8 Å². The molecule has 0 saturated carbocycles. The number of thioether (sulfide) groups is 1. The highest BCUT2D eigenvalue weighted by Gasteiger charge is 2.17. The lowest BCUT2D eigenvalue weighted by Crippen LogP contribution is -2.10. The molecule has 136 valence electrons. The third-order valence-corrected chi connectivity index (χ3v) is 5.90. The molecule has 0 aliphatic rings. The van der Waals surface area contributed by atoms with Gasteiger partial charge in [-0.3, -0.25) is 4.57 Å². The van der Waals surface area contributed by atoms with Crippen LogP contribution in [-0.4, -0.2) is 40.9 Å². The Kier molecular flexibility index (Phi) is 6.11. The van der Waals surface area contributed by atoms with E-state index in [2.05, 4.69) is 61.8 Å². The Morgan fingerprint density at radius 2 is 1.84 bits per heavy atom. The molecular formula is C18H25N3O2S2. The summed E-state index contributed by atoms with van der Waals surface area (Å²) >= 11 is 1.40. The predicted octanol–water partition coefficient (Wildman–Crippen LogP) is 3.57. The monoisotopic (exact) mass is 379 g/mol. The average molecular weight is 380 g/mol. The molecule has 25 heavy (non-hydrogen) atoms. The fraction of sp³-hybridized carbons (Fsp3) is 0.444. The lowest BCUT2D eigenvalue weighted by Gasteiger charge is -2.19. The first kappa shape index (κ1) is 19.7. The van der Waals surface area contributed by atoms with Gasteiger partial charge in [0, 0.05) is 24.1 Å². The Morgan fingerprint density at radius 1 is 1.20 bits per heavy atom. The third kappa shape index (κ3) is 5.44. The highest BCUT2D eigenvalue weighted by molar-refractivity contribution is 8.00. The number of hydrogen-bond donors (Lipinski definition) is 0. The third-order valence-electron chi connectivity index (χ3n) is 3.72. The van der Waals surface area contributed by atoms with Gasteiger partial charge in [0.1, 0.15) is 9.84 Å². The molecule has 0 bridgehead atoms. The normalized spacial score (nSPS) is 12.3. The fourth-order valence-corrected chi connectivity index (χ4v) is 4.45. The SMILES string of the molecule is C=CCn1c(SCCS(C)(=O)=O)nnc1-c1ccc(C(C)(C)C)cc1. The molecule has 1 heterocycles. The minimum Gasteiger partial charge on any atom is -0.298 e. The second-order valence-electron chi connectivity index (χ2n) is 7.01. The van der Waals surface area contributed by atoms with Crippen LogP contribution < -0.4 is 0 Å². The maximum absolute atomic E-state index is 11.3. The summed E-state index contributed by atoms with van der Waals surface area (Å²) < 4.78 is 24.6. The van der Waals surface area contributed by atoms with Crippen LogP contribution in [0.1, 0.15) is 26.3 Å². The van der Waals surface area contributed by atoms with Crippen molar-refractivity contribution in [1.82, 2.24) is 14.8 Å². The van der Waals surface area contributed by atoms with Crippen LogP contribution in [0.25, 0.3) is 11.4 Å². The lowest BCUT2D eigenvalue weighted by atomic mass is 9.87. The molecule has 0 aliphatic carbocycles. The van der Waals surface area contributed by atoms with Crippen LogP contribution in [-0.2, 0) is 21.8 Å². The smallest absolute Gasteiger partial charge is 0.191 e. The standard InChI is InChI=1S/C18H25N3O2S2/c1-6-11-21-16(14-7-9-15(10-8-14)18(2,3)4)19-20-17(21)24-12-13-25(5,22)23/h6-10H,1,11-13H2,2-5H3. The second kappa shape index (κ2) is 7.74. The van der Waals surface area contributed by atoms with Crippen LogP contribution >= 0.6 is 11.8 Å². The zero-order chi connectivity index (χ0) is 18.7. The Hall–Kier alpha value is -1.60. The first-order chi connectivity index (χ1) is 11.6. The van der Waals surface area contributed by atoms with Gasteiger partial charge in [0.15, 0.2) is 11.0 Å². The topological polar surface area (TPSA) is 64.8 Å². The van der Waals surface area contributed by atoms with Crippen LogP contribution in [0.15, 0.2) is 42.1 Å². The molecule has 1 aromatic carbocycles. The summed E-state index contributed by atoms with van der Waals surface area (Å²) in [7, 11) is -2.98. The quantitative estimate of drug-likeness (QED) is 0.543. The number of allylic oxidation sites excluding steroid dienone is 1.